The standard InChI is InChI=1S/C15H18O2/c1-2-17-14-8-5-6-12(11-14)10-13-7-3-4-9-15(13)16/h5-6,8,10-11H,2-4,7,9H2,1H3. The summed E-state index contributed by atoms with van der Waals surface area (Å²) in [5.74, 6) is 1.17. The van der Waals surface area contributed by atoms with E-state index < -0.39 is 0 Å². The third-order valence-electron chi connectivity index (χ3n) is 2.97. The minimum atomic E-state index is 0.304. The fraction of sp³-hybridized carbons (Fsp3) is 0.400. The van der Waals surface area contributed by atoms with Gasteiger partial charge in [0.15, 0.2) is 5.78 Å². The van der Waals surface area contributed by atoms with Gasteiger partial charge in [-0.15, -0.1) is 0 Å². The summed E-state index contributed by atoms with van der Waals surface area (Å²) in [6, 6.07) is 7.90. The first-order chi connectivity index (χ1) is 8.29. The zero-order valence-electron chi connectivity index (χ0n) is 10.2. The van der Waals surface area contributed by atoms with Gasteiger partial charge in [0.1, 0.15) is 5.75 Å². The van der Waals surface area contributed by atoms with Crippen molar-refractivity contribution in [3.05, 3.63) is 35.4 Å². The predicted molar refractivity (Wildman–Crippen MR) is 69.1 cm³/mol. The van der Waals surface area contributed by atoms with E-state index in [0.29, 0.717) is 18.8 Å². The summed E-state index contributed by atoms with van der Waals surface area (Å²) in [5.41, 5.74) is 2.02. The SMILES string of the molecule is CCOc1cccc(C=C2CCCCC2=O)c1. The monoisotopic (exact) mass is 230 g/mol. The molecule has 0 amide bonds. The zero-order valence-corrected chi connectivity index (χ0v) is 10.2. The van der Waals surface area contributed by atoms with Gasteiger partial charge in [-0.1, -0.05) is 12.1 Å². The quantitative estimate of drug-likeness (QED) is 0.741. The molecule has 2 rings (SSSR count). The molecule has 0 radical (unpaired) electrons. The van der Waals surface area contributed by atoms with Gasteiger partial charge in [-0.25, -0.2) is 0 Å². The Hall–Kier alpha value is -1.57. The molecule has 2 heteroatoms. The Bertz CT molecular complexity index is 432. The van der Waals surface area contributed by atoms with Crippen molar-refractivity contribution in [3.8, 4) is 5.75 Å². The van der Waals surface area contributed by atoms with Crippen LogP contribution in [0.1, 0.15) is 38.2 Å². The first kappa shape index (κ1) is 11.9. The molecule has 1 aliphatic carbocycles. The van der Waals surface area contributed by atoms with E-state index in [-0.39, 0.29) is 0 Å². The molecule has 0 unspecified atom stereocenters. The van der Waals surface area contributed by atoms with Crippen LogP contribution >= 0.6 is 0 Å². The van der Waals surface area contributed by atoms with Gasteiger partial charge in [0.2, 0.25) is 0 Å². The highest BCUT2D eigenvalue weighted by atomic mass is 16.5. The number of ketones is 1. The highest BCUT2D eigenvalue weighted by molar-refractivity contribution is 6.00. The van der Waals surface area contributed by atoms with Crippen LogP contribution in [0, 0.1) is 0 Å². The molecule has 1 aliphatic rings. The molecule has 1 fully saturated rings. The van der Waals surface area contributed by atoms with Crippen molar-refractivity contribution >= 4 is 11.9 Å². The molecule has 2 nitrogen and oxygen atoms in total. The van der Waals surface area contributed by atoms with Gasteiger partial charge in [0.05, 0.1) is 6.61 Å². The molecule has 90 valence electrons. The molecular weight excluding hydrogens is 212 g/mol. The van der Waals surface area contributed by atoms with Gasteiger partial charge < -0.3 is 4.74 Å². The zero-order chi connectivity index (χ0) is 12.1. The van der Waals surface area contributed by atoms with Crippen molar-refractivity contribution in [3.63, 3.8) is 0 Å². The summed E-state index contributed by atoms with van der Waals surface area (Å²) < 4.78 is 5.45. The molecule has 1 saturated carbocycles. The second kappa shape index (κ2) is 5.67. The molecule has 0 spiro atoms. The van der Waals surface area contributed by atoms with E-state index in [0.717, 1.165) is 36.1 Å². The van der Waals surface area contributed by atoms with Gasteiger partial charge in [-0.3, -0.25) is 4.79 Å². The van der Waals surface area contributed by atoms with Gasteiger partial charge in [0, 0.05) is 6.42 Å². The van der Waals surface area contributed by atoms with Gasteiger partial charge in [-0.05, 0) is 55.5 Å². The highest BCUT2D eigenvalue weighted by Gasteiger charge is 2.14. The Morgan fingerprint density at radius 2 is 2.12 bits per heavy atom. The number of ether oxygens (including phenoxy) is 1. The third kappa shape index (κ3) is 3.19. The lowest BCUT2D eigenvalue weighted by Gasteiger charge is -2.12. The van der Waals surface area contributed by atoms with Crippen molar-refractivity contribution in [1.29, 1.82) is 0 Å². The summed E-state index contributed by atoms with van der Waals surface area (Å²) in [5, 5.41) is 0. The van der Waals surface area contributed by atoms with Crippen molar-refractivity contribution in [1.82, 2.24) is 0 Å². The summed E-state index contributed by atoms with van der Waals surface area (Å²) >= 11 is 0. The van der Waals surface area contributed by atoms with Crippen LogP contribution in [-0.4, -0.2) is 12.4 Å². The summed E-state index contributed by atoms with van der Waals surface area (Å²) in [4.78, 5) is 11.7. The topological polar surface area (TPSA) is 26.3 Å². The lowest BCUT2D eigenvalue weighted by molar-refractivity contribution is -0.116. The number of allylic oxidation sites excluding steroid dienone is 1. The second-order valence-corrected chi connectivity index (χ2v) is 4.31. The second-order valence-electron chi connectivity index (χ2n) is 4.31. The normalized spacial score (nSPS) is 18.4. The minimum Gasteiger partial charge on any atom is -0.494 e. The lowest BCUT2D eigenvalue weighted by atomic mass is 9.92. The van der Waals surface area contributed by atoms with Crippen LogP contribution in [0.15, 0.2) is 29.8 Å². The van der Waals surface area contributed by atoms with E-state index in [1.165, 1.54) is 0 Å². The van der Waals surface area contributed by atoms with Crippen LogP contribution < -0.4 is 4.74 Å². The van der Waals surface area contributed by atoms with Crippen LogP contribution in [0.3, 0.4) is 0 Å². The Morgan fingerprint density at radius 3 is 2.88 bits per heavy atom. The van der Waals surface area contributed by atoms with Crippen molar-refractivity contribution in [2.75, 3.05) is 6.61 Å². The Kier molecular flexibility index (Phi) is 3.97. The fourth-order valence-corrected chi connectivity index (χ4v) is 2.12. The molecule has 0 heterocycles. The van der Waals surface area contributed by atoms with E-state index in [1.807, 2.05) is 37.3 Å². The van der Waals surface area contributed by atoms with E-state index >= 15 is 0 Å². The predicted octanol–water partition coefficient (Wildman–Crippen LogP) is 3.61. The summed E-state index contributed by atoms with van der Waals surface area (Å²) in [6.07, 6.45) is 5.79. The summed E-state index contributed by atoms with van der Waals surface area (Å²) in [7, 11) is 0. The molecule has 0 bridgehead atoms. The number of hydrogen-bond donors (Lipinski definition) is 0. The molecule has 17 heavy (non-hydrogen) atoms. The van der Waals surface area contributed by atoms with Crippen molar-refractivity contribution in [2.24, 2.45) is 0 Å². The average molecular weight is 230 g/mol. The molecule has 1 aromatic carbocycles. The molecule has 0 aliphatic heterocycles. The van der Waals surface area contributed by atoms with E-state index in [9.17, 15) is 4.79 Å². The van der Waals surface area contributed by atoms with Crippen LogP contribution in [-0.2, 0) is 4.79 Å². The van der Waals surface area contributed by atoms with E-state index in [2.05, 4.69) is 0 Å². The van der Waals surface area contributed by atoms with Crippen LogP contribution in [0.2, 0.25) is 0 Å². The number of Topliss-reactive ketones (excluding diaryl/α,β-unsaturated/α-hetero) is 1. The lowest BCUT2D eigenvalue weighted by Crippen LogP contribution is -2.07. The number of carbonyl (C=O) groups excluding carboxylic acids is 1. The number of benzene rings is 1. The van der Waals surface area contributed by atoms with E-state index in [4.69, 9.17) is 4.74 Å². The molecular formula is C15H18O2. The smallest absolute Gasteiger partial charge is 0.158 e. The van der Waals surface area contributed by atoms with Crippen molar-refractivity contribution < 1.29 is 9.53 Å². The number of hydrogen-bond acceptors (Lipinski definition) is 2. The first-order valence-corrected chi connectivity index (χ1v) is 6.26. The van der Waals surface area contributed by atoms with Crippen molar-refractivity contribution in [2.45, 2.75) is 32.6 Å². The first-order valence-electron chi connectivity index (χ1n) is 6.26. The Balaban J connectivity index is 2.19. The fourth-order valence-electron chi connectivity index (χ4n) is 2.12. The molecule has 1 aromatic rings. The van der Waals surface area contributed by atoms with Gasteiger partial charge in [0.25, 0.3) is 0 Å². The van der Waals surface area contributed by atoms with Crippen LogP contribution in [0.4, 0.5) is 0 Å². The maximum absolute atomic E-state index is 11.7. The molecule has 0 saturated heterocycles. The van der Waals surface area contributed by atoms with E-state index in [1.54, 1.807) is 0 Å². The molecule has 0 aromatic heterocycles. The van der Waals surface area contributed by atoms with Crippen LogP contribution in [0.5, 0.6) is 5.75 Å². The highest BCUT2D eigenvalue weighted by Crippen LogP contribution is 2.23. The summed E-state index contributed by atoms with van der Waals surface area (Å²) in [6.45, 7) is 2.63. The van der Waals surface area contributed by atoms with Gasteiger partial charge in [-0.2, -0.15) is 0 Å². The maximum Gasteiger partial charge on any atom is 0.158 e. The average Bonchev–Trinajstić information content (AvgIpc) is 2.33. The minimum absolute atomic E-state index is 0.304. The number of rotatable bonds is 3. The van der Waals surface area contributed by atoms with Gasteiger partial charge >= 0.3 is 0 Å². The Labute approximate surface area is 102 Å². The molecule has 0 atom stereocenters. The largest absolute Gasteiger partial charge is 0.494 e. The number of carbonyl (C=O) groups is 1. The molecule has 0 N–H and O–H groups in total. The Morgan fingerprint density at radius 1 is 1.29 bits per heavy atom. The maximum atomic E-state index is 11.7. The third-order valence-corrected chi connectivity index (χ3v) is 2.97. The van der Waals surface area contributed by atoms with Crippen LogP contribution in [0.25, 0.3) is 6.08 Å².